The predicted molar refractivity (Wildman–Crippen MR) is 82.9 cm³/mol. The van der Waals surface area contributed by atoms with Crippen molar-refractivity contribution in [2.24, 2.45) is 5.41 Å². The largest absolute Gasteiger partial charge is 0.393 e. The number of aliphatic hydroxyl groups is 1. The lowest BCUT2D eigenvalue weighted by atomic mass is 9.87. The Morgan fingerprint density at radius 2 is 2.15 bits per heavy atom. The molecule has 112 valence electrons. The van der Waals surface area contributed by atoms with E-state index in [0.29, 0.717) is 0 Å². The lowest BCUT2D eigenvalue weighted by Gasteiger charge is -2.29. The van der Waals surface area contributed by atoms with Crippen molar-refractivity contribution < 1.29 is 5.11 Å². The first kappa shape index (κ1) is 15.3. The minimum Gasteiger partial charge on any atom is -0.393 e. The number of anilines is 1. The molecule has 0 spiro atoms. The molecule has 0 unspecified atom stereocenters. The van der Waals surface area contributed by atoms with Gasteiger partial charge in [-0.15, -0.1) is 0 Å². The second kappa shape index (κ2) is 6.10. The number of pyridine rings is 1. The van der Waals surface area contributed by atoms with Crippen LogP contribution in [0.1, 0.15) is 32.3 Å². The van der Waals surface area contributed by atoms with E-state index in [4.69, 9.17) is 0 Å². The van der Waals surface area contributed by atoms with Crippen molar-refractivity contribution >= 4 is 5.82 Å². The maximum atomic E-state index is 9.96. The van der Waals surface area contributed by atoms with E-state index in [9.17, 15) is 5.11 Å². The minimum absolute atomic E-state index is 0.163. The Labute approximate surface area is 122 Å². The van der Waals surface area contributed by atoms with E-state index >= 15 is 0 Å². The maximum Gasteiger partial charge on any atom is 0.127 e. The highest BCUT2D eigenvalue weighted by molar-refractivity contribution is 5.37. The molecule has 0 saturated carbocycles. The molecule has 2 rings (SSSR count). The van der Waals surface area contributed by atoms with Crippen LogP contribution in [0.5, 0.6) is 0 Å². The highest BCUT2D eigenvalue weighted by Gasteiger charge is 2.28. The van der Waals surface area contributed by atoms with E-state index in [2.05, 4.69) is 35.9 Å². The van der Waals surface area contributed by atoms with Crippen molar-refractivity contribution in [3.8, 4) is 0 Å². The van der Waals surface area contributed by atoms with E-state index < -0.39 is 0 Å². The van der Waals surface area contributed by atoms with Gasteiger partial charge in [-0.3, -0.25) is 4.90 Å². The number of hydrogen-bond acceptors (Lipinski definition) is 4. The molecule has 1 N–H and O–H groups in total. The summed E-state index contributed by atoms with van der Waals surface area (Å²) in [7, 11) is 4.00. The van der Waals surface area contributed by atoms with E-state index in [-0.39, 0.29) is 11.5 Å². The highest BCUT2D eigenvalue weighted by atomic mass is 16.3. The second-order valence-corrected chi connectivity index (χ2v) is 6.94. The topological polar surface area (TPSA) is 39.6 Å². The summed E-state index contributed by atoms with van der Waals surface area (Å²) in [4.78, 5) is 8.91. The van der Waals surface area contributed by atoms with Crippen LogP contribution < -0.4 is 4.90 Å². The first-order valence-electron chi connectivity index (χ1n) is 7.38. The van der Waals surface area contributed by atoms with Crippen LogP contribution in [0.25, 0.3) is 0 Å². The van der Waals surface area contributed by atoms with Gasteiger partial charge in [-0.25, -0.2) is 4.98 Å². The summed E-state index contributed by atoms with van der Waals surface area (Å²) in [5, 5.41) is 9.96. The molecule has 4 nitrogen and oxygen atoms in total. The molecular formula is C16H27N3O. The monoisotopic (exact) mass is 277 g/mol. The van der Waals surface area contributed by atoms with Crippen molar-refractivity contribution in [2.75, 3.05) is 32.1 Å². The van der Waals surface area contributed by atoms with E-state index in [0.717, 1.165) is 38.3 Å². The van der Waals surface area contributed by atoms with Gasteiger partial charge in [0.25, 0.3) is 0 Å². The fourth-order valence-electron chi connectivity index (χ4n) is 2.99. The van der Waals surface area contributed by atoms with Crippen molar-refractivity contribution in [1.29, 1.82) is 0 Å². The van der Waals surface area contributed by atoms with E-state index in [1.54, 1.807) is 0 Å². The lowest BCUT2D eigenvalue weighted by molar-refractivity contribution is 0.121. The Hall–Kier alpha value is -1.13. The molecule has 1 aliphatic rings. The molecule has 0 aliphatic carbocycles. The fourth-order valence-corrected chi connectivity index (χ4v) is 2.99. The summed E-state index contributed by atoms with van der Waals surface area (Å²) in [6.45, 7) is 7.38. The van der Waals surface area contributed by atoms with Gasteiger partial charge in [0.05, 0.1) is 6.10 Å². The Morgan fingerprint density at radius 1 is 1.40 bits per heavy atom. The molecule has 4 heteroatoms. The van der Waals surface area contributed by atoms with Gasteiger partial charge in [0.15, 0.2) is 0 Å². The molecule has 2 heterocycles. The zero-order valence-electron chi connectivity index (χ0n) is 13.1. The van der Waals surface area contributed by atoms with Gasteiger partial charge in [0, 0.05) is 39.9 Å². The van der Waals surface area contributed by atoms with Gasteiger partial charge in [-0.1, -0.05) is 19.9 Å². The Kier molecular flexibility index (Phi) is 4.66. The second-order valence-electron chi connectivity index (χ2n) is 6.94. The zero-order valence-corrected chi connectivity index (χ0v) is 13.1. The predicted octanol–water partition coefficient (Wildman–Crippen LogP) is 2.13. The van der Waals surface area contributed by atoms with Crippen molar-refractivity contribution in [1.82, 2.24) is 9.88 Å². The summed E-state index contributed by atoms with van der Waals surface area (Å²) in [5.41, 5.74) is 1.41. The van der Waals surface area contributed by atoms with Crippen LogP contribution >= 0.6 is 0 Å². The van der Waals surface area contributed by atoms with Crippen LogP contribution in [0.4, 0.5) is 5.82 Å². The average Bonchev–Trinajstić information content (AvgIpc) is 2.47. The van der Waals surface area contributed by atoms with E-state index in [1.165, 1.54) is 5.56 Å². The van der Waals surface area contributed by atoms with Gasteiger partial charge in [0.1, 0.15) is 5.82 Å². The molecule has 1 saturated heterocycles. The van der Waals surface area contributed by atoms with Crippen molar-refractivity contribution in [2.45, 2.75) is 39.3 Å². The SMILES string of the molecule is CN(C)c1ccc(CN2CC[C@H](O)CC(C)(C)C2)cn1. The molecule has 20 heavy (non-hydrogen) atoms. The fraction of sp³-hybridized carbons (Fsp3) is 0.688. The third kappa shape index (κ3) is 4.18. The molecule has 1 aliphatic heterocycles. The van der Waals surface area contributed by atoms with Gasteiger partial charge in [-0.2, -0.15) is 0 Å². The maximum absolute atomic E-state index is 9.96. The number of aliphatic hydroxyl groups excluding tert-OH is 1. The van der Waals surface area contributed by atoms with E-state index in [1.807, 2.05) is 25.2 Å². The Morgan fingerprint density at radius 3 is 2.75 bits per heavy atom. The van der Waals surface area contributed by atoms with Crippen LogP contribution in [-0.4, -0.2) is 48.3 Å². The van der Waals surface area contributed by atoms with Gasteiger partial charge in [-0.05, 0) is 29.9 Å². The van der Waals surface area contributed by atoms with Gasteiger partial charge < -0.3 is 10.0 Å². The van der Waals surface area contributed by atoms with Crippen LogP contribution in [0, 0.1) is 5.41 Å². The molecular weight excluding hydrogens is 250 g/mol. The number of rotatable bonds is 3. The number of hydrogen-bond donors (Lipinski definition) is 1. The minimum atomic E-state index is -0.163. The number of nitrogens with zero attached hydrogens (tertiary/aromatic N) is 3. The smallest absolute Gasteiger partial charge is 0.127 e. The summed E-state index contributed by atoms with van der Waals surface area (Å²) < 4.78 is 0. The number of likely N-dealkylation sites (tertiary alicyclic amines) is 1. The summed E-state index contributed by atoms with van der Waals surface area (Å²) in [5.74, 6) is 0.986. The molecule has 1 fully saturated rings. The third-order valence-electron chi connectivity index (χ3n) is 3.89. The third-order valence-corrected chi connectivity index (χ3v) is 3.89. The molecule has 0 aromatic carbocycles. The summed E-state index contributed by atoms with van der Waals surface area (Å²) in [6.07, 6.45) is 3.56. The highest BCUT2D eigenvalue weighted by Crippen LogP contribution is 2.29. The van der Waals surface area contributed by atoms with Crippen molar-refractivity contribution in [3.05, 3.63) is 23.9 Å². The standard InChI is InChI=1S/C16H27N3O/c1-16(2)9-14(20)7-8-19(12-16)11-13-5-6-15(17-10-13)18(3)4/h5-6,10,14,20H,7-9,11-12H2,1-4H3/t14-/m0/s1. The van der Waals surface area contributed by atoms with Gasteiger partial charge in [0.2, 0.25) is 0 Å². The molecule has 0 amide bonds. The van der Waals surface area contributed by atoms with Crippen molar-refractivity contribution in [3.63, 3.8) is 0 Å². The van der Waals surface area contributed by atoms with Crippen LogP contribution in [0.2, 0.25) is 0 Å². The molecule has 0 radical (unpaired) electrons. The first-order valence-corrected chi connectivity index (χ1v) is 7.38. The summed E-state index contributed by atoms with van der Waals surface area (Å²) >= 11 is 0. The summed E-state index contributed by atoms with van der Waals surface area (Å²) in [6, 6.07) is 4.21. The normalized spacial score (nSPS) is 23.4. The lowest BCUT2D eigenvalue weighted by Crippen LogP contribution is -2.32. The first-order chi connectivity index (χ1) is 9.35. The zero-order chi connectivity index (χ0) is 14.8. The Bertz CT molecular complexity index is 428. The Balaban J connectivity index is 2.01. The van der Waals surface area contributed by atoms with Crippen LogP contribution in [0.3, 0.4) is 0 Å². The molecule has 1 aromatic heterocycles. The number of aromatic nitrogens is 1. The molecule has 0 bridgehead atoms. The van der Waals surface area contributed by atoms with Gasteiger partial charge >= 0.3 is 0 Å². The molecule has 1 atom stereocenters. The average molecular weight is 277 g/mol. The van der Waals surface area contributed by atoms with Crippen LogP contribution in [0.15, 0.2) is 18.3 Å². The molecule has 1 aromatic rings. The van der Waals surface area contributed by atoms with Crippen LogP contribution in [-0.2, 0) is 6.54 Å². The quantitative estimate of drug-likeness (QED) is 0.919.